The van der Waals surface area contributed by atoms with E-state index in [1.54, 1.807) is 14.2 Å². The first-order valence-corrected chi connectivity index (χ1v) is 12.2. The molecule has 1 aromatic heterocycles. The van der Waals surface area contributed by atoms with Crippen molar-refractivity contribution in [3.63, 3.8) is 0 Å². The maximum atomic E-state index is 12.3. The van der Waals surface area contributed by atoms with Crippen molar-refractivity contribution in [2.45, 2.75) is 24.8 Å². The van der Waals surface area contributed by atoms with E-state index >= 15 is 0 Å². The molecule has 4 heterocycles. The van der Waals surface area contributed by atoms with E-state index in [0.717, 1.165) is 36.5 Å². The van der Waals surface area contributed by atoms with Crippen LogP contribution >= 0.6 is 0 Å². The Morgan fingerprint density at radius 1 is 1.09 bits per heavy atom. The molecular weight excluding hydrogens is 442 g/mol. The molecule has 4 atom stereocenters. The second-order valence-electron chi connectivity index (χ2n) is 9.39. The van der Waals surface area contributed by atoms with Gasteiger partial charge in [0.25, 0.3) is 0 Å². The quantitative estimate of drug-likeness (QED) is 0.538. The van der Waals surface area contributed by atoms with Gasteiger partial charge in [0.2, 0.25) is 0 Å². The van der Waals surface area contributed by atoms with Gasteiger partial charge in [-0.3, -0.25) is 9.58 Å². The van der Waals surface area contributed by atoms with Crippen molar-refractivity contribution in [1.82, 2.24) is 20.0 Å². The molecular formula is C27H33N5O3. The van der Waals surface area contributed by atoms with Crippen LogP contribution in [0.3, 0.4) is 0 Å². The fraction of sp³-hybridized carbons (Fsp3) is 0.407. The second kappa shape index (κ2) is 10.00. The van der Waals surface area contributed by atoms with Gasteiger partial charge in [0.05, 0.1) is 19.9 Å². The largest absolute Gasteiger partial charge is 0.493 e. The van der Waals surface area contributed by atoms with E-state index in [9.17, 15) is 4.79 Å². The number of para-hydroxylation sites is 1. The van der Waals surface area contributed by atoms with Crippen LogP contribution in [0.2, 0.25) is 0 Å². The normalized spacial score (nSPS) is 23.1. The molecule has 3 fully saturated rings. The summed E-state index contributed by atoms with van der Waals surface area (Å²) in [5.74, 6) is 2.43. The van der Waals surface area contributed by atoms with Crippen molar-refractivity contribution in [2.24, 2.45) is 13.0 Å². The topological polar surface area (TPSA) is 80.7 Å². The predicted octanol–water partition coefficient (Wildman–Crippen LogP) is 4.10. The first-order chi connectivity index (χ1) is 17.1. The van der Waals surface area contributed by atoms with Crippen LogP contribution in [0.4, 0.5) is 10.5 Å². The predicted molar refractivity (Wildman–Crippen MR) is 136 cm³/mol. The molecule has 0 spiro atoms. The van der Waals surface area contributed by atoms with E-state index in [0.29, 0.717) is 35.9 Å². The van der Waals surface area contributed by atoms with Crippen LogP contribution in [0.25, 0.3) is 11.3 Å². The zero-order valence-electron chi connectivity index (χ0n) is 20.5. The number of benzene rings is 2. The molecule has 1 unspecified atom stereocenters. The second-order valence-corrected chi connectivity index (χ2v) is 9.39. The summed E-state index contributed by atoms with van der Waals surface area (Å²) in [4.78, 5) is 14.9. The molecule has 3 aliphatic rings. The molecule has 2 amide bonds. The number of ether oxygens (including phenoxy) is 2. The summed E-state index contributed by atoms with van der Waals surface area (Å²) < 4.78 is 12.9. The van der Waals surface area contributed by atoms with E-state index in [2.05, 4.69) is 21.6 Å². The Hall–Kier alpha value is -3.52. The number of piperidine rings is 3. The van der Waals surface area contributed by atoms with Gasteiger partial charge in [0, 0.05) is 49.0 Å². The van der Waals surface area contributed by atoms with Crippen LogP contribution in [-0.2, 0) is 7.05 Å². The van der Waals surface area contributed by atoms with Crippen LogP contribution in [-0.4, -0.2) is 60.6 Å². The number of carbonyl (C=O) groups excluding carboxylic acids is 1. The van der Waals surface area contributed by atoms with Gasteiger partial charge in [-0.2, -0.15) is 5.10 Å². The molecule has 0 aliphatic carbocycles. The average Bonchev–Trinajstić information content (AvgIpc) is 3.29. The summed E-state index contributed by atoms with van der Waals surface area (Å²) in [7, 11) is 5.32. The van der Waals surface area contributed by atoms with Gasteiger partial charge in [0.15, 0.2) is 11.5 Å². The number of hydrogen-bond acceptors (Lipinski definition) is 5. The summed E-state index contributed by atoms with van der Waals surface area (Å²) in [5.41, 5.74) is 4.02. The Balaban J connectivity index is 1.24. The van der Waals surface area contributed by atoms with E-state index < -0.39 is 0 Å². The third kappa shape index (κ3) is 4.84. The lowest BCUT2D eigenvalue weighted by molar-refractivity contribution is 0.0296. The van der Waals surface area contributed by atoms with E-state index in [4.69, 9.17) is 14.6 Å². The first-order valence-electron chi connectivity index (χ1n) is 12.2. The molecule has 3 aliphatic heterocycles. The number of aryl methyl sites for hydroxylation is 1. The number of methoxy groups -OCH3 is 2. The fourth-order valence-electron chi connectivity index (χ4n) is 5.56. The smallest absolute Gasteiger partial charge is 0.319 e. The number of urea groups is 1. The number of aromatic nitrogens is 2. The van der Waals surface area contributed by atoms with Crippen molar-refractivity contribution >= 4 is 11.7 Å². The molecule has 184 valence electrons. The number of anilines is 1. The summed E-state index contributed by atoms with van der Waals surface area (Å²) in [5, 5.41) is 10.8. The van der Waals surface area contributed by atoms with Crippen LogP contribution in [0, 0.1) is 5.92 Å². The fourth-order valence-corrected chi connectivity index (χ4v) is 5.56. The number of fused-ring (bicyclic) bond motifs is 3. The third-order valence-electron chi connectivity index (χ3n) is 7.38. The van der Waals surface area contributed by atoms with Gasteiger partial charge >= 0.3 is 6.03 Å². The minimum atomic E-state index is -0.151. The number of nitrogens with zero attached hydrogens (tertiary/aromatic N) is 3. The number of nitrogens with one attached hydrogen (secondary N) is 2. The standard InChI is InChI=1S/C27H33N5O3/c1-31-24(15-23(30-31)19-9-10-25(34-2)26(14-19)35-3)22-17-32-12-11-18(22)13-21(32)16-28-27(33)29-20-7-5-4-6-8-20/h4-10,14-15,18,21-22H,11-13,16-17H2,1-3H3,(H2,28,29,33)/t18-,21+,22-/m0/s1. The molecule has 6 rings (SSSR count). The Morgan fingerprint density at radius 3 is 2.60 bits per heavy atom. The lowest BCUT2D eigenvalue weighted by Gasteiger charge is -2.49. The summed E-state index contributed by atoms with van der Waals surface area (Å²) in [6.45, 7) is 2.72. The molecule has 2 aromatic carbocycles. The number of hydrogen-bond donors (Lipinski definition) is 2. The molecule has 3 saturated heterocycles. The molecule has 35 heavy (non-hydrogen) atoms. The van der Waals surface area contributed by atoms with E-state index in [-0.39, 0.29) is 6.03 Å². The van der Waals surface area contributed by atoms with Gasteiger partial charge in [-0.1, -0.05) is 18.2 Å². The zero-order valence-corrected chi connectivity index (χ0v) is 20.5. The summed E-state index contributed by atoms with van der Waals surface area (Å²) in [6, 6.07) is 17.9. The highest BCUT2D eigenvalue weighted by Gasteiger charge is 2.41. The van der Waals surface area contributed by atoms with Crippen molar-refractivity contribution in [1.29, 1.82) is 0 Å². The van der Waals surface area contributed by atoms with Crippen molar-refractivity contribution < 1.29 is 14.3 Å². The van der Waals surface area contributed by atoms with Crippen molar-refractivity contribution in [2.75, 3.05) is 39.2 Å². The maximum absolute atomic E-state index is 12.3. The van der Waals surface area contributed by atoms with Crippen LogP contribution in [0.15, 0.2) is 54.6 Å². The van der Waals surface area contributed by atoms with Crippen molar-refractivity contribution in [3.05, 3.63) is 60.3 Å². The van der Waals surface area contributed by atoms with Gasteiger partial charge in [-0.25, -0.2) is 4.79 Å². The maximum Gasteiger partial charge on any atom is 0.319 e. The Kier molecular flexibility index (Phi) is 6.63. The third-order valence-corrected chi connectivity index (χ3v) is 7.38. The highest BCUT2D eigenvalue weighted by atomic mass is 16.5. The number of carbonyl (C=O) groups is 1. The van der Waals surface area contributed by atoms with Crippen LogP contribution < -0.4 is 20.1 Å². The van der Waals surface area contributed by atoms with Crippen LogP contribution in [0.5, 0.6) is 11.5 Å². The monoisotopic (exact) mass is 475 g/mol. The van der Waals surface area contributed by atoms with Gasteiger partial charge in [-0.05, 0) is 61.7 Å². The first kappa shape index (κ1) is 23.2. The molecule has 0 saturated carbocycles. The molecule has 2 N–H and O–H groups in total. The summed E-state index contributed by atoms with van der Waals surface area (Å²) >= 11 is 0. The van der Waals surface area contributed by atoms with Gasteiger partial charge in [-0.15, -0.1) is 0 Å². The Morgan fingerprint density at radius 2 is 1.89 bits per heavy atom. The lowest BCUT2D eigenvalue weighted by Crippen LogP contribution is -2.56. The van der Waals surface area contributed by atoms with E-state index in [1.165, 1.54) is 12.1 Å². The number of rotatable bonds is 7. The van der Waals surface area contributed by atoms with Crippen LogP contribution in [0.1, 0.15) is 24.5 Å². The Bertz CT molecular complexity index is 1180. The molecule has 2 bridgehead atoms. The molecule has 0 radical (unpaired) electrons. The SMILES string of the molecule is COc1ccc(-c2cc([C@H]3CN4CC[C@H]3C[C@@H]4CNC(=O)Nc3ccccc3)n(C)n2)cc1OC. The Labute approximate surface area is 206 Å². The minimum absolute atomic E-state index is 0.151. The molecule has 3 aromatic rings. The summed E-state index contributed by atoms with van der Waals surface area (Å²) in [6.07, 6.45) is 2.25. The van der Waals surface area contributed by atoms with Gasteiger partial charge in [0.1, 0.15) is 0 Å². The average molecular weight is 476 g/mol. The highest BCUT2D eigenvalue weighted by Crippen LogP contribution is 2.42. The zero-order chi connectivity index (χ0) is 24.4. The molecule has 8 heteroatoms. The lowest BCUT2D eigenvalue weighted by atomic mass is 9.74. The van der Waals surface area contributed by atoms with Gasteiger partial charge < -0.3 is 20.1 Å². The highest BCUT2D eigenvalue weighted by molar-refractivity contribution is 5.89. The van der Waals surface area contributed by atoms with Crippen molar-refractivity contribution in [3.8, 4) is 22.8 Å². The molecule has 8 nitrogen and oxygen atoms in total. The number of amides is 2. The minimum Gasteiger partial charge on any atom is -0.493 e. The van der Waals surface area contributed by atoms with E-state index in [1.807, 2.05) is 60.3 Å².